The van der Waals surface area contributed by atoms with Gasteiger partial charge in [0, 0.05) is 18.1 Å². The molecule has 2 rings (SSSR count). The Hall–Kier alpha value is -1.91. The van der Waals surface area contributed by atoms with Crippen LogP contribution in [0.5, 0.6) is 5.75 Å². The van der Waals surface area contributed by atoms with Crippen LogP contribution in [0.1, 0.15) is 12.0 Å². The fourth-order valence-corrected chi connectivity index (χ4v) is 2.29. The van der Waals surface area contributed by atoms with Gasteiger partial charge >= 0.3 is 6.03 Å². The number of ether oxygens (including phenoxy) is 1. The van der Waals surface area contributed by atoms with Gasteiger partial charge in [0.25, 0.3) is 0 Å². The van der Waals surface area contributed by atoms with Crippen molar-refractivity contribution in [3.05, 3.63) is 64.1 Å². The minimum Gasteiger partial charge on any atom is -0.492 e. The number of nitrogens with one attached hydrogen (secondary N) is 2. The molecular weight excluding hydrogens is 335 g/mol. The lowest BCUT2D eigenvalue weighted by Crippen LogP contribution is -2.36. The number of halogens is 2. The average Bonchev–Trinajstić information content (AvgIpc) is 2.55. The normalized spacial score (nSPS) is 10.2. The van der Waals surface area contributed by atoms with Gasteiger partial charge in [-0.25, -0.2) is 4.79 Å². The van der Waals surface area contributed by atoms with Crippen molar-refractivity contribution < 1.29 is 9.53 Å². The van der Waals surface area contributed by atoms with Crippen LogP contribution in [0.15, 0.2) is 48.5 Å². The summed E-state index contributed by atoms with van der Waals surface area (Å²) >= 11 is 12.0. The molecule has 0 fully saturated rings. The lowest BCUT2D eigenvalue weighted by atomic mass is 10.2. The summed E-state index contributed by atoms with van der Waals surface area (Å²) in [5.41, 5.74) is 0.881. The van der Waals surface area contributed by atoms with Gasteiger partial charge in [-0.3, -0.25) is 0 Å². The molecule has 0 bridgehead atoms. The van der Waals surface area contributed by atoms with Gasteiger partial charge < -0.3 is 15.4 Å². The number of hydrogen-bond donors (Lipinski definition) is 2. The van der Waals surface area contributed by atoms with Gasteiger partial charge in [0.05, 0.1) is 11.6 Å². The number of benzene rings is 2. The summed E-state index contributed by atoms with van der Waals surface area (Å²) in [6.07, 6.45) is 0.685. The van der Waals surface area contributed by atoms with Crippen molar-refractivity contribution in [3.8, 4) is 5.75 Å². The molecule has 2 aromatic rings. The van der Waals surface area contributed by atoms with Gasteiger partial charge in [-0.1, -0.05) is 53.5 Å². The Labute approximate surface area is 145 Å². The molecule has 6 heteroatoms. The van der Waals surface area contributed by atoms with E-state index in [9.17, 15) is 4.79 Å². The maximum Gasteiger partial charge on any atom is 0.315 e. The zero-order chi connectivity index (χ0) is 16.5. The van der Waals surface area contributed by atoms with E-state index in [2.05, 4.69) is 10.6 Å². The zero-order valence-electron chi connectivity index (χ0n) is 12.5. The first-order valence-electron chi connectivity index (χ1n) is 7.29. The molecule has 0 aliphatic carbocycles. The highest BCUT2D eigenvalue weighted by atomic mass is 35.5. The smallest absolute Gasteiger partial charge is 0.315 e. The third-order valence-electron chi connectivity index (χ3n) is 3.10. The molecule has 2 N–H and O–H groups in total. The number of rotatable bonds is 7. The third-order valence-corrected chi connectivity index (χ3v) is 3.78. The first-order chi connectivity index (χ1) is 11.2. The van der Waals surface area contributed by atoms with Gasteiger partial charge in [-0.15, -0.1) is 0 Å². The summed E-state index contributed by atoms with van der Waals surface area (Å²) in [4.78, 5) is 11.7. The highest BCUT2D eigenvalue weighted by Crippen LogP contribution is 2.22. The number of carbonyl (C=O) groups excluding carboxylic acids is 1. The molecular formula is C17H18Cl2N2O2. The lowest BCUT2D eigenvalue weighted by molar-refractivity contribution is 0.238. The molecule has 4 nitrogen and oxygen atoms in total. The van der Waals surface area contributed by atoms with E-state index in [-0.39, 0.29) is 6.03 Å². The SMILES string of the molecule is O=C(NCCCOc1ccccc1Cl)NCc1ccccc1Cl. The van der Waals surface area contributed by atoms with Crippen LogP contribution in [-0.2, 0) is 6.54 Å². The van der Waals surface area contributed by atoms with E-state index >= 15 is 0 Å². The fraction of sp³-hybridized carbons (Fsp3) is 0.235. The van der Waals surface area contributed by atoms with Crippen molar-refractivity contribution in [2.45, 2.75) is 13.0 Å². The Kier molecular flexibility index (Phi) is 7.04. The summed E-state index contributed by atoms with van der Waals surface area (Å²) < 4.78 is 5.54. The van der Waals surface area contributed by atoms with E-state index < -0.39 is 0 Å². The molecule has 0 heterocycles. The predicted octanol–water partition coefficient (Wildman–Crippen LogP) is 4.26. The molecule has 2 amide bonds. The standard InChI is InChI=1S/C17H18Cl2N2O2/c18-14-7-2-1-6-13(14)12-21-17(22)20-10-5-11-23-16-9-4-3-8-15(16)19/h1-4,6-9H,5,10-12H2,(H2,20,21,22). The maximum absolute atomic E-state index is 11.7. The topological polar surface area (TPSA) is 50.4 Å². The van der Waals surface area contributed by atoms with Crippen LogP contribution in [0.25, 0.3) is 0 Å². The van der Waals surface area contributed by atoms with Crippen molar-refractivity contribution in [1.82, 2.24) is 10.6 Å². The van der Waals surface area contributed by atoms with Crippen LogP contribution in [0.2, 0.25) is 10.0 Å². The van der Waals surface area contributed by atoms with E-state index in [1.165, 1.54) is 0 Å². The van der Waals surface area contributed by atoms with E-state index in [4.69, 9.17) is 27.9 Å². The number of carbonyl (C=O) groups is 1. The molecule has 2 aromatic carbocycles. The lowest BCUT2D eigenvalue weighted by Gasteiger charge is -2.10. The minimum atomic E-state index is -0.234. The van der Waals surface area contributed by atoms with Gasteiger partial charge in [-0.2, -0.15) is 0 Å². The summed E-state index contributed by atoms with van der Waals surface area (Å²) in [7, 11) is 0. The number of amides is 2. The zero-order valence-corrected chi connectivity index (χ0v) is 14.0. The molecule has 23 heavy (non-hydrogen) atoms. The van der Waals surface area contributed by atoms with Crippen molar-refractivity contribution in [3.63, 3.8) is 0 Å². The van der Waals surface area contributed by atoms with Crippen molar-refractivity contribution in [2.24, 2.45) is 0 Å². The number of hydrogen-bond acceptors (Lipinski definition) is 2. The first kappa shape index (κ1) is 17.4. The van der Waals surface area contributed by atoms with Crippen molar-refractivity contribution in [1.29, 1.82) is 0 Å². The van der Waals surface area contributed by atoms with E-state index in [0.717, 1.165) is 5.56 Å². The summed E-state index contributed by atoms with van der Waals surface area (Å²) in [5.74, 6) is 0.650. The highest BCUT2D eigenvalue weighted by molar-refractivity contribution is 6.32. The fourth-order valence-electron chi connectivity index (χ4n) is 1.90. The van der Waals surface area contributed by atoms with E-state index in [1.54, 1.807) is 12.1 Å². The van der Waals surface area contributed by atoms with Crippen molar-refractivity contribution in [2.75, 3.05) is 13.2 Å². The second-order valence-electron chi connectivity index (χ2n) is 4.83. The number of para-hydroxylation sites is 1. The van der Waals surface area contributed by atoms with Crippen LogP contribution in [0.3, 0.4) is 0 Å². The summed E-state index contributed by atoms with van der Waals surface area (Å²) in [6.45, 7) is 1.38. The second kappa shape index (κ2) is 9.28. The molecule has 0 atom stereocenters. The molecule has 122 valence electrons. The molecule has 0 radical (unpaired) electrons. The second-order valence-corrected chi connectivity index (χ2v) is 5.65. The van der Waals surface area contributed by atoms with Crippen molar-refractivity contribution >= 4 is 29.2 Å². The average molecular weight is 353 g/mol. The Balaban J connectivity index is 1.60. The Morgan fingerprint density at radius 3 is 2.39 bits per heavy atom. The van der Waals surface area contributed by atoms with Crippen LogP contribution in [-0.4, -0.2) is 19.2 Å². The molecule has 0 unspecified atom stereocenters. The first-order valence-corrected chi connectivity index (χ1v) is 8.05. The van der Waals surface area contributed by atoms with Crippen LogP contribution < -0.4 is 15.4 Å². The van der Waals surface area contributed by atoms with Gasteiger partial charge in [0.2, 0.25) is 0 Å². The Morgan fingerprint density at radius 2 is 1.65 bits per heavy atom. The molecule has 0 spiro atoms. The quantitative estimate of drug-likeness (QED) is 0.731. The molecule has 0 saturated heterocycles. The molecule has 0 saturated carbocycles. The summed E-state index contributed by atoms with van der Waals surface area (Å²) in [6, 6.07) is 14.5. The number of urea groups is 1. The maximum atomic E-state index is 11.7. The van der Waals surface area contributed by atoms with Crippen LogP contribution in [0.4, 0.5) is 4.79 Å². The van der Waals surface area contributed by atoms with E-state index in [0.29, 0.717) is 41.9 Å². The summed E-state index contributed by atoms with van der Waals surface area (Å²) in [5, 5.41) is 6.75. The van der Waals surface area contributed by atoms with Gasteiger partial charge in [-0.05, 0) is 30.2 Å². The Morgan fingerprint density at radius 1 is 0.957 bits per heavy atom. The largest absolute Gasteiger partial charge is 0.492 e. The Bertz CT molecular complexity index is 650. The van der Waals surface area contributed by atoms with Gasteiger partial charge in [0.15, 0.2) is 0 Å². The van der Waals surface area contributed by atoms with E-state index in [1.807, 2.05) is 36.4 Å². The van der Waals surface area contributed by atoms with Crippen LogP contribution in [0, 0.1) is 0 Å². The predicted molar refractivity (Wildman–Crippen MR) is 93.3 cm³/mol. The van der Waals surface area contributed by atoms with Crippen LogP contribution >= 0.6 is 23.2 Å². The monoisotopic (exact) mass is 352 g/mol. The molecule has 0 aromatic heterocycles. The molecule has 0 aliphatic heterocycles. The molecule has 0 aliphatic rings. The highest BCUT2D eigenvalue weighted by Gasteiger charge is 2.03. The van der Waals surface area contributed by atoms with Gasteiger partial charge in [0.1, 0.15) is 5.75 Å². The third kappa shape index (κ3) is 6.00. The minimum absolute atomic E-state index is 0.234.